The Kier molecular flexibility index (Phi) is 3.33. The van der Waals surface area contributed by atoms with Crippen molar-refractivity contribution in [2.45, 2.75) is 43.1 Å². The molecule has 0 amide bonds. The zero-order valence-electron chi connectivity index (χ0n) is 9.11. The lowest BCUT2D eigenvalue weighted by atomic mass is 9.89. The van der Waals surface area contributed by atoms with E-state index in [-0.39, 0.29) is 5.25 Å². The van der Waals surface area contributed by atoms with Gasteiger partial charge in [-0.3, -0.25) is 0 Å². The molecule has 0 aromatic rings. The third kappa shape index (κ3) is 2.52. The molecule has 1 unspecified atom stereocenters. The molecule has 0 aromatic carbocycles. The molecule has 1 atom stereocenters. The summed E-state index contributed by atoms with van der Waals surface area (Å²) in [6.07, 6.45) is 4.07. The van der Waals surface area contributed by atoms with Crippen LogP contribution in [-0.4, -0.2) is 45.2 Å². The van der Waals surface area contributed by atoms with Gasteiger partial charge in [0.05, 0.1) is 17.1 Å². The van der Waals surface area contributed by atoms with Crippen LogP contribution in [0.2, 0.25) is 0 Å². The molecule has 0 aromatic heterocycles. The Labute approximate surface area is 91.3 Å². The quantitative estimate of drug-likeness (QED) is 0.760. The van der Waals surface area contributed by atoms with Crippen LogP contribution in [0.1, 0.15) is 25.7 Å². The third-order valence-corrected chi connectivity index (χ3v) is 5.80. The van der Waals surface area contributed by atoms with Crippen LogP contribution in [0.3, 0.4) is 0 Å². The zero-order chi connectivity index (χ0) is 10.9. The summed E-state index contributed by atoms with van der Waals surface area (Å²) in [4.78, 5) is 0. The molecule has 1 aliphatic carbocycles. The fourth-order valence-electron chi connectivity index (χ4n) is 2.31. The first kappa shape index (κ1) is 11.4. The first-order valence-electron chi connectivity index (χ1n) is 5.59. The van der Waals surface area contributed by atoms with Crippen LogP contribution in [0, 0.1) is 0 Å². The Morgan fingerprint density at radius 1 is 1.40 bits per heavy atom. The van der Waals surface area contributed by atoms with Crippen LogP contribution < -0.4 is 5.32 Å². The number of rotatable bonds is 4. The summed E-state index contributed by atoms with van der Waals surface area (Å²) in [5.41, 5.74) is 0. The van der Waals surface area contributed by atoms with Gasteiger partial charge in [0.25, 0.3) is 0 Å². The predicted molar refractivity (Wildman–Crippen MR) is 58.6 cm³/mol. The van der Waals surface area contributed by atoms with Gasteiger partial charge in [-0.15, -0.1) is 0 Å². The first-order valence-corrected chi connectivity index (χ1v) is 7.31. The highest BCUT2D eigenvalue weighted by Crippen LogP contribution is 2.24. The Morgan fingerprint density at radius 2 is 2.13 bits per heavy atom. The van der Waals surface area contributed by atoms with Crippen molar-refractivity contribution in [3.8, 4) is 0 Å². The van der Waals surface area contributed by atoms with Crippen molar-refractivity contribution in [3.05, 3.63) is 0 Å². The summed E-state index contributed by atoms with van der Waals surface area (Å²) in [7, 11) is -1.06. The summed E-state index contributed by atoms with van der Waals surface area (Å²) >= 11 is 0. The van der Waals surface area contributed by atoms with Crippen LogP contribution in [0.5, 0.6) is 0 Å². The molecule has 88 valence electrons. The SMILES string of the molecule is COC1CC(NCC2CCCS2(=O)=O)C1. The second-order valence-corrected chi connectivity index (χ2v) is 6.97. The van der Waals surface area contributed by atoms with E-state index in [9.17, 15) is 8.42 Å². The topological polar surface area (TPSA) is 55.4 Å². The largest absolute Gasteiger partial charge is 0.381 e. The van der Waals surface area contributed by atoms with Crippen LogP contribution in [-0.2, 0) is 14.6 Å². The Balaban J connectivity index is 1.71. The molecule has 1 saturated heterocycles. The molecular formula is C10H19NO3S. The summed E-state index contributed by atoms with van der Waals surface area (Å²) in [5, 5.41) is 3.18. The maximum atomic E-state index is 11.5. The maximum Gasteiger partial charge on any atom is 0.154 e. The van der Waals surface area contributed by atoms with E-state index >= 15 is 0 Å². The number of hydrogen-bond donors (Lipinski definition) is 1. The van der Waals surface area contributed by atoms with E-state index in [1.165, 1.54) is 0 Å². The molecule has 5 heteroatoms. The lowest BCUT2D eigenvalue weighted by Gasteiger charge is -2.35. The predicted octanol–water partition coefficient (Wildman–Crippen LogP) is 0.331. The van der Waals surface area contributed by atoms with Gasteiger partial charge in [0.15, 0.2) is 9.84 Å². The normalized spacial score (nSPS) is 38.9. The minimum atomic E-state index is -2.78. The van der Waals surface area contributed by atoms with Gasteiger partial charge in [0.1, 0.15) is 0 Å². The summed E-state index contributed by atoms with van der Waals surface area (Å²) in [6, 6.07) is 0.464. The molecule has 1 heterocycles. The lowest BCUT2D eigenvalue weighted by Crippen LogP contribution is -2.47. The molecule has 1 N–H and O–H groups in total. The van der Waals surface area contributed by atoms with Crippen molar-refractivity contribution in [2.24, 2.45) is 0 Å². The highest BCUT2D eigenvalue weighted by molar-refractivity contribution is 7.92. The van der Waals surface area contributed by atoms with E-state index in [1.54, 1.807) is 7.11 Å². The van der Waals surface area contributed by atoms with Crippen LogP contribution in [0.15, 0.2) is 0 Å². The Morgan fingerprint density at radius 3 is 2.67 bits per heavy atom. The average molecular weight is 233 g/mol. The zero-order valence-corrected chi connectivity index (χ0v) is 9.92. The number of nitrogens with one attached hydrogen (secondary N) is 1. The number of hydrogen-bond acceptors (Lipinski definition) is 4. The van der Waals surface area contributed by atoms with Gasteiger partial charge >= 0.3 is 0 Å². The third-order valence-electron chi connectivity index (χ3n) is 3.53. The molecule has 15 heavy (non-hydrogen) atoms. The standard InChI is InChI=1S/C10H19NO3S/c1-14-9-5-8(6-9)11-7-10-3-2-4-15(10,12)13/h8-11H,2-7H2,1H3. The molecule has 2 fully saturated rings. The van der Waals surface area contributed by atoms with Gasteiger partial charge in [-0.1, -0.05) is 0 Å². The molecule has 4 nitrogen and oxygen atoms in total. The number of sulfone groups is 1. The van der Waals surface area contributed by atoms with E-state index < -0.39 is 9.84 Å². The van der Waals surface area contributed by atoms with Gasteiger partial charge in [-0.05, 0) is 25.7 Å². The van der Waals surface area contributed by atoms with E-state index in [1.807, 2.05) is 0 Å². The Hall–Kier alpha value is -0.130. The lowest BCUT2D eigenvalue weighted by molar-refractivity contribution is 0.0176. The second-order valence-electron chi connectivity index (χ2n) is 4.57. The monoisotopic (exact) mass is 233 g/mol. The summed E-state index contributed by atoms with van der Waals surface area (Å²) < 4.78 is 28.2. The molecule has 1 aliphatic heterocycles. The minimum Gasteiger partial charge on any atom is -0.381 e. The van der Waals surface area contributed by atoms with Crippen molar-refractivity contribution < 1.29 is 13.2 Å². The van der Waals surface area contributed by atoms with E-state index in [0.29, 0.717) is 24.4 Å². The highest BCUT2D eigenvalue weighted by Gasteiger charge is 2.34. The van der Waals surface area contributed by atoms with E-state index in [4.69, 9.17) is 4.74 Å². The van der Waals surface area contributed by atoms with E-state index in [2.05, 4.69) is 5.32 Å². The van der Waals surface area contributed by atoms with Crippen molar-refractivity contribution in [2.75, 3.05) is 19.4 Å². The molecule has 0 spiro atoms. The first-order chi connectivity index (χ1) is 7.12. The fourth-order valence-corrected chi connectivity index (χ4v) is 4.09. The van der Waals surface area contributed by atoms with Gasteiger partial charge in [-0.2, -0.15) is 0 Å². The van der Waals surface area contributed by atoms with Crippen LogP contribution in [0.4, 0.5) is 0 Å². The van der Waals surface area contributed by atoms with Crippen LogP contribution in [0.25, 0.3) is 0 Å². The molecule has 2 aliphatic rings. The average Bonchev–Trinajstić information content (AvgIpc) is 2.43. The molecular weight excluding hydrogens is 214 g/mol. The van der Waals surface area contributed by atoms with Crippen molar-refractivity contribution in [1.82, 2.24) is 5.32 Å². The maximum absolute atomic E-state index is 11.5. The van der Waals surface area contributed by atoms with Gasteiger partial charge < -0.3 is 10.1 Å². The fraction of sp³-hybridized carbons (Fsp3) is 1.00. The summed E-state index contributed by atoms with van der Waals surface area (Å²) in [5.74, 6) is 0.380. The molecule has 0 bridgehead atoms. The smallest absolute Gasteiger partial charge is 0.154 e. The van der Waals surface area contributed by atoms with Crippen molar-refractivity contribution in [3.63, 3.8) is 0 Å². The second kappa shape index (κ2) is 4.39. The molecule has 1 saturated carbocycles. The highest BCUT2D eigenvalue weighted by atomic mass is 32.2. The van der Waals surface area contributed by atoms with Crippen LogP contribution >= 0.6 is 0 Å². The van der Waals surface area contributed by atoms with E-state index in [0.717, 1.165) is 25.7 Å². The number of methoxy groups -OCH3 is 1. The summed E-state index contributed by atoms with van der Waals surface area (Å²) in [6.45, 7) is 0.628. The van der Waals surface area contributed by atoms with Gasteiger partial charge in [0.2, 0.25) is 0 Å². The van der Waals surface area contributed by atoms with Gasteiger partial charge in [0, 0.05) is 19.7 Å². The molecule has 0 radical (unpaired) electrons. The van der Waals surface area contributed by atoms with Crippen molar-refractivity contribution >= 4 is 9.84 Å². The van der Waals surface area contributed by atoms with Gasteiger partial charge in [-0.25, -0.2) is 8.42 Å². The minimum absolute atomic E-state index is 0.140. The molecule has 2 rings (SSSR count). The van der Waals surface area contributed by atoms with Crippen molar-refractivity contribution in [1.29, 1.82) is 0 Å². The number of ether oxygens (including phenoxy) is 1. The Bertz CT molecular complexity index is 309.